The minimum Gasteiger partial charge on any atom is -0.496 e. The molecule has 0 aliphatic carbocycles. The van der Waals surface area contributed by atoms with Crippen molar-refractivity contribution in [1.29, 1.82) is 0 Å². The average molecular weight is 288 g/mol. The fourth-order valence-corrected chi connectivity index (χ4v) is 3.31. The third kappa shape index (κ3) is 4.49. The zero-order valence-electron chi connectivity index (χ0n) is 10.7. The third-order valence-corrected chi connectivity index (χ3v) is 4.15. The SMILES string of the molecule is COc1ccc([N+](=O)[O-])cc1CS(=O)(=O)CC(C)N. The number of nitrogens with two attached hydrogens (primary N) is 1. The molecule has 0 aromatic heterocycles. The molecule has 0 bridgehead atoms. The van der Waals surface area contributed by atoms with Crippen LogP contribution < -0.4 is 10.5 Å². The van der Waals surface area contributed by atoms with Crippen LogP contribution in [0.2, 0.25) is 0 Å². The number of ether oxygens (including phenoxy) is 1. The highest BCUT2D eigenvalue weighted by molar-refractivity contribution is 7.90. The van der Waals surface area contributed by atoms with Crippen molar-refractivity contribution < 1.29 is 18.1 Å². The molecule has 2 N–H and O–H groups in total. The van der Waals surface area contributed by atoms with Crippen LogP contribution in [0.3, 0.4) is 0 Å². The number of methoxy groups -OCH3 is 1. The molecule has 1 rings (SSSR count). The van der Waals surface area contributed by atoms with E-state index >= 15 is 0 Å². The molecule has 0 fully saturated rings. The van der Waals surface area contributed by atoms with Crippen molar-refractivity contribution in [3.8, 4) is 5.75 Å². The summed E-state index contributed by atoms with van der Waals surface area (Å²) in [7, 11) is -2.06. The molecule has 0 saturated heterocycles. The number of non-ortho nitro benzene ring substituents is 1. The van der Waals surface area contributed by atoms with Gasteiger partial charge in [-0.3, -0.25) is 10.1 Å². The number of rotatable bonds is 6. The highest BCUT2D eigenvalue weighted by Gasteiger charge is 2.19. The molecule has 1 aromatic carbocycles. The minimum atomic E-state index is -3.44. The Morgan fingerprint density at radius 2 is 2.11 bits per heavy atom. The van der Waals surface area contributed by atoms with Gasteiger partial charge in [0.25, 0.3) is 5.69 Å². The summed E-state index contributed by atoms with van der Waals surface area (Å²) in [6, 6.07) is 3.36. The molecule has 8 heteroatoms. The summed E-state index contributed by atoms with van der Waals surface area (Å²) in [4.78, 5) is 10.1. The second-order valence-electron chi connectivity index (χ2n) is 4.29. The minimum absolute atomic E-state index is 0.174. The number of sulfone groups is 1. The lowest BCUT2D eigenvalue weighted by Crippen LogP contribution is -2.27. The van der Waals surface area contributed by atoms with Crippen LogP contribution in [-0.2, 0) is 15.6 Å². The normalized spacial score (nSPS) is 13.0. The summed E-state index contributed by atoms with van der Waals surface area (Å²) < 4.78 is 28.7. The maximum atomic E-state index is 11.9. The average Bonchev–Trinajstić information content (AvgIpc) is 2.26. The summed E-state index contributed by atoms with van der Waals surface area (Å²) >= 11 is 0. The molecule has 1 aromatic rings. The van der Waals surface area contributed by atoms with E-state index in [0.717, 1.165) is 0 Å². The van der Waals surface area contributed by atoms with Gasteiger partial charge in [0, 0.05) is 23.7 Å². The van der Waals surface area contributed by atoms with Crippen molar-refractivity contribution in [2.45, 2.75) is 18.7 Å². The Morgan fingerprint density at radius 3 is 2.58 bits per heavy atom. The van der Waals surface area contributed by atoms with E-state index in [1.54, 1.807) is 6.92 Å². The maximum Gasteiger partial charge on any atom is 0.270 e. The summed E-state index contributed by atoms with van der Waals surface area (Å²) in [5.74, 6) is -0.211. The topological polar surface area (TPSA) is 113 Å². The molecule has 0 heterocycles. The molecule has 0 amide bonds. The van der Waals surface area contributed by atoms with Gasteiger partial charge in [-0.15, -0.1) is 0 Å². The van der Waals surface area contributed by atoms with Crippen molar-refractivity contribution >= 4 is 15.5 Å². The van der Waals surface area contributed by atoms with Crippen molar-refractivity contribution in [2.24, 2.45) is 5.73 Å². The number of nitro groups is 1. The van der Waals surface area contributed by atoms with Crippen molar-refractivity contribution in [2.75, 3.05) is 12.9 Å². The second kappa shape index (κ2) is 5.98. The molecule has 7 nitrogen and oxygen atoms in total. The fraction of sp³-hybridized carbons (Fsp3) is 0.455. The van der Waals surface area contributed by atoms with E-state index in [-0.39, 0.29) is 22.8 Å². The first-order valence-electron chi connectivity index (χ1n) is 5.52. The van der Waals surface area contributed by atoms with Gasteiger partial charge in [0.2, 0.25) is 0 Å². The quantitative estimate of drug-likeness (QED) is 0.613. The van der Waals surface area contributed by atoms with E-state index in [4.69, 9.17) is 10.5 Å². The van der Waals surface area contributed by atoms with Crippen LogP contribution in [-0.4, -0.2) is 32.2 Å². The number of nitro benzene ring substituents is 1. The predicted octanol–water partition coefficient (Wildman–Crippen LogP) is 0.865. The largest absolute Gasteiger partial charge is 0.496 e. The van der Waals surface area contributed by atoms with E-state index in [1.807, 2.05) is 0 Å². The van der Waals surface area contributed by atoms with E-state index < -0.39 is 20.8 Å². The smallest absolute Gasteiger partial charge is 0.270 e. The van der Waals surface area contributed by atoms with Crippen molar-refractivity contribution in [3.63, 3.8) is 0 Å². The maximum absolute atomic E-state index is 11.9. The Hall–Kier alpha value is -1.67. The lowest BCUT2D eigenvalue weighted by Gasteiger charge is -2.10. The molecular formula is C11H16N2O5S. The standard InChI is InChI=1S/C11H16N2O5S/c1-8(12)6-19(16,17)7-9-5-10(13(14)15)3-4-11(9)18-2/h3-5,8H,6-7,12H2,1-2H3. The van der Waals surface area contributed by atoms with Gasteiger partial charge in [0.15, 0.2) is 9.84 Å². The van der Waals surface area contributed by atoms with E-state index in [2.05, 4.69) is 0 Å². The van der Waals surface area contributed by atoms with E-state index in [1.165, 1.54) is 25.3 Å². The fourth-order valence-electron chi connectivity index (χ4n) is 1.69. The Kier molecular flexibility index (Phi) is 4.84. The first-order valence-corrected chi connectivity index (χ1v) is 7.34. The number of benzene rings is 1. The molecule has 0 saturated carbocycles. The van der Waals surface area contributed by atoms with Crippen molar-refractivity contribution in [1.82, 2.24) is 0 Å². The van der Waals surface area contributed by atoms with Gasteiger partial charge < -0.3 is 10.5 Å². The van der Waals surface area contributed by atoms with Crippen LogP contribution in [0.4, 0.5) is 5.69 Å². The zero-order chi connectivity index (χ0) is 14.6. The van der Waals surface area contributed by atoms with Gasteiger partial charge >= 0.3 is 0 Å². The van der Waals surface area contributed by atoms with Gasteiger partial charge in [-0.25, -0.2) is 8.42 Å². The molecule has 1 unspecified atom stereocenters. The number of nitrogens with zero attached hydrogens (tertiary/aromatic N) is 1. The second-order valence-corrected chi connectivity index (χ2v) is 6.39. The summed E-state index contributed by atoms with van der Waals surface area (Å²) in [5.41, 5.74) is 5.55. The summed E-state index contributed by atoms with van der Waals surface area (Å²) in [6.45, 7) is 1.59. The summed E-state index contributed by atoms with van der Waals surface area (Å²) in [6.07, 6.45) is 0. The predicted molar refractivity (Wildman–Crippen MR) is 70.8 cm³/mol. The molecule has 0 spiro atoms. The van der Waals surface area contributed by atoms with Crippen LogP contribution in [0.5, 0.6) is 5.75 Å². The van der Waals surface area contributed by atoms with E-state index in [9.17, 15) is 18.5 Å². The van der Waals surface area contributed by atoms with Crippen LogP contribution in [0.25, 0.3) is 0 Å². The first-order chi connectivity index (χ1) is 8.75. The Balaban J connectivity index is 3.11. The molecular weight excluding hydrogens is 272 g/mol. The zero-order valence-corrected chi connectivity index (χ0v) is 11.5. The monoisotopic (exact) mass is 288 g/mol. The van der Waals surface area contributed by atoms with Crippen LogP contribution in [0.1, 0.15) is 12.5 Å². The number of hydrogen-bond donors (Lipinski definition) is 1. The summed E-state index contributed by atoms with van der Waals surface area (Å²) in [5, 5.41) is 10.7. The Morgan fingerprint density at radius 1 is 1.47 bits per heavy atom. The van der Waals surface area contributed by atoms with Gasteiger partial charge in [-0.1, -0.05) is 0 Å². The molecule has 0 aliphatic rings. The molecule has 106 valence electrons. The highest BCUT2D eigenvalue weighted by Crippen LogP contribution is 2.26. The lowest BCUT2D eigenvalue weighted by molar-refractivity contribution is -0.384. The Bertz CT molecular complexity index is 568. The van der Waals surface area contributed by atoms with Gasteiger partial charge in [0.05, 0.1) is 23.5 Å². The first kappa shape index (κ1) is 15.4. The van der Waals surface area contributed by atoms with Crippen LogP contribution >= 0.6 is 0 Å². The molecule has 0 aliphatic heterocycles. The molecule has 0 radical (unpaired) electrons. The van der Waals surface area contributed by atoms with Gasteiger partial charge in [0.1, 0.15) is 5.75 Å². The lowest BCUT2D eigenvalue weighted by atomic mass is 10.2. The van der Waals surface area contributed by atoms with Crippen LogP contribution in [0.15, 0.2) is 18.2 Å². The molecule has 1 atom stereocenters. The van der Waals surface area contributed by atoms with Gasteiger partial charge in [-0.05, 0) is 13.0 Å². The van der Waals surface area contributed by atoms with Gasteiger partial charge in [-0.2, -0.15) is 0 Å². The van der Waals surface area contributed by atoms with E-state index in [0.29, 0.717) is 5.75 Å². The highest BCUT2D eigenvalue weighted by atomic mass is 32.2. The third-order valence-electron chi connectivity index (χ3n) is 2.37. The Labute approximate surface area is 111 Å². The molecule has 19 heavy (non-hydrogen) atoms. The van der Waals surface area contributed by atoms with Crippen molar-refractivity contribution in [3.05, 3.63) is 33.9 Å². The van der Waals surface area contributed by atoms with Crippen LogP contribution in [0, 0.1) is 10.1 Å². The number of hydrogen-bond acceptors (Lipinski definition) is 6.